The number of aliphatic imine (C=N–C) groups is 1. The van der Waals surface area contributed by atoms with Gasteiger partial charge in [0.25, 0.3) is 0 Å². The minimum Gasteiger partial charge on any atom is -0.494 e. The number of ether oxygens (including phenoxy) is 3. The number of likely N-dealkylation sites (tertiary alicyclic amines) is 1. The second-order valence-electron chi connectivity index (χ2n) is 7.11. The Morgan fingerprint density at radius 3 is 2.42 bits per heavy atom. The fourth-order valence-electron chi connectivity index (χ4n) is 3.01. The van der Waals surface area contributed by atoms with Crippen LogP contribution in [-0.2, 0) is 6.61 Å². The molecular weight excluding hydrogens is 438 g/mol. The Hall–Kier alpha value is -3.51. The summed E-state index contributed by atoms with van der Waals surface area (Å²) in [5.41, 5.74) is 5.75. The first kappa shape index (κ1) is 24.1. The zero-order valence-electron chi connectivity index (χ0n) is 18.3. The van der Waals surface area contributed by atoms with E-state index in [2.05, 4.69) is 25.2 Å². The highest BCUT2D eigenvalue weighted by atomic mass is 19.1. The lowest BCUT2D eigenvalue weighted by molar-refractivity contribution is 0.00449. The quantitative estimate of drug-likeness (QED) is 0.422. The number of rotatable bonds is 11. The number of nitrogens with two attached hydrogens (primary N) is 1. The summed E-state index contributed by atoms with van der Waals surface area (Å²) in [4.78, 5) is 14.6. The van der Waals surface area contributed by atoms with Gasteiger partial charge >= 0.3 is 0 Å². The Bertz CT molecular complexity index is 969. The van der Waals surface area contributed by atoms with Crippen molar-refractivity contribution in [3.63, 3.8) is 0 Å². The Balaban J connectivity index is 1.55. The highest BCUT2D eigenvalue weighted by Gasteiger charge is 2.23. The Morgan fingerprint density at radius 1 is 1.24 bits per heavy atom. The number of nitrogens with zero attached hydrogens (tertiary/aromatic N) is 4. The van der Waals surface area contributed by atoms with Crippen LogP contribution in [0.25, 0.3) is 0 Å². The van der Waals surface area contributed by atoms with Gasteiger partial charge in [0.2, 0.25) is 5.95 Å². The van der Waals surface area contributed by atoms with Crippen molar-refractivity contribution in [3.05, 3.63) is 47.6 Å². The zero-order chi connectivity index (χ0) is 23.8. The summed E-state index contributed by atoms with van der Waals surface area (Å²) in [6.07, 6.45) is 5.35. The Kier molecular flexibility index (Phi) is 8.33. The first-order valence-electron chi connectivity index (χ1n) is 10.1. The number of anilines is 1. The highest BCUT2D eigenvalue weighted by molar-refractivity contribution is 5.81. The van der Waals surface area contributed by atoms with Crippen LogP contribution in [0.15, 0.2) is 35.3 Å². The molecule has 0 aliphatic carbocycles. The summed E-state index contributed by atoms with van der Waals surface area (Å²) in [7, 11) is 2.54. The fourth-order valence-corrected chi connectivity index (χ4v) is 3.01. The van der Waals surface area contributed by atoms with Crippen LogP contribution < -0.4 is 25.3 Å². The van der Waals surface area contributed by atoms with E-state index in [1.165, 1.54) is 32.8 Å². The van der Waals surface area contributed by atoms with Gasteiger partial charge in [0.1, 0.15) is 6.61 Å². The first-order chi connectivity index (χ1) is 15.9. The number of aliphatic hydroxyl groups excluding tert-OH is 1. The molecule has 2 heterocycles. The van der Waals surface area contributed by atoms with E-state index in [0.29, 0.717) is 25.3 Å². The van der Waals surface area contributed by atoms with Gasteiger partial charge in [-0.2, -0.15) is 0 Å². The summed E-state index contributed by atoms with van der Waals surface area (Å²) < 4.78 is 44.1. The second-order valence-corrected chi connectivity index (χ2v) is 7.11. The summed E-state index contributed by atoms with van der Waals surface area (Å²) in [6, 6.07) is 1.12. The molecule has 4 N–H and O–H groups in total. The molecular formula is C21H26F2N6O4. The van der Waals surface area contributed by atoms with Crippen LogP contribution in [0.1, 0.15) is 5.56 Å². The molecule has 0 radical (unpaired) electrons. The molecule has 0 bridgehead atoms. The van der Waals surface area contributed by atoms with Crippen molar-refractivity contribution in [3.8, 4) is 17.2 Å². The SMILES string of the molecule is COc1cc(OC)c(F)c(COc2cnc(N/C(C=NCCN3CC(O)C3)=C/N)nc2)c1F. The number of methoxy groups -OCH3 is 2. The van der Waals surface area contributed by atoms with Crippen molar-refractivity contribution in [2.45, 2.75) is 12.7 Å². The van der Waals surface area contributed by atoms with Crippen molar-refractivity contribution in [2.75, 3.05) is 45.7 Å². The van der Waals surface area contributed by atoms with Gasteiger partial charge in [-0.1, -0.05) is 0 Å². The minimum absolute atomic E-state index is 0.159. The van der Waals surface area contributed by atoms with Gasteiger partial charge in [-0.25, -0.2) is 18.7 Å². The van der Waals surface area contributed by atoms with Crippen LogP contribution in [0.2, 0.25) is 0 Å². The Labute approximate surface area is 189 Å². The van der Waals surface area contributed by atoms with Crippen LogP contribution in [0, 0.1) is 11.6 Å². The second kappa shape index (κ2) is 11.4. The predicted octanol–water partition coefficient (Wildman–Crippen LogP) is 1.31. The van der Waals surface area contributed by atoms with Crippen LogP contribution in [-0.4, -0.2) is 72.7 Å². The van der Waals surface area contributed by atoms with Crippen molar-refractivity contribution in [1.29, 1.82) is 0 Å². The minimum atomic E-state index is -0.877. The standard InChI is InChI=1S/C21H26F2N6O4/c1-31-17-5-18(32-2)20(23)16(19(17)22)12-33-15-8-26-21(27-9-15)28-13(6-24)7-25-3-4-29-10-14(30)11-29/h5-9,14,30H,3-4,10-12,24H2,1-2H3,(H,26,27,28)/b13-6+,25-7?. The lowest BCUT2D eigenvalue weighted by Crippen LogP contribution is -2.51. The van der Waals surface area contributed by atoms with Gasteiger partial charge < -0.3 is 30.4 Å². The molecule has 2 aromatic rings. The van der Waals surface area contributed by atoms with Gasteiger partial charge in [-0.05, 0) is 0 Å². The van der Waals surface area contributed by atoms with Crippen molar-refractivity contribution < 1.29 is 28.1 Å². The zero-order valence-corrected chi connectivity index (χ0v) is 18.3. The molecule has 1 aromatic heterocycles. The predicted molar refractivity (Wildman–Crippen MR) is 118 cm³/mol. The average molecular weight is 464 g/mol. The number of β-amino-alcohol motifs (C(OH)–C–C–N with tert-alkyl or cyclic N) is 1. The number of halogens is 2. The number of benzene rings is 1. The normalized spacial score (nSPS) is 14.9. The maximum absolute atomic E-state index is 14.4. The molecule has 33 heavy (non-hydrogen) atoms. The van der Waals surface area contributed by atoms with Crippen LogP contribution in [0.5, 0.6) is 17.2 Å². The lowest BCUT2D eigenvalue weighted by atomic mass is 10.1. The lowest BCUT2D eigenvalue weighted by Gasteiger charge is -2.35. The van der Waals surface area contributed by atoms with Crippen LogP contribution in [0.4, 0.5) is 14.7 Å². The van der Waals surface area contributed by atoms with Crippen molar-refractivity contribution in [1.82, 2.24) is 14.9 Å². The summed E-state index contributed by atoms with van der Waals surface area (Å²) in [5, 5.41) is 12.2. The molecule has 0 atom stereocenters. The van der Waals surface area contributed by atoms with Crippen LogP contribution >= 0.6 is 0 Å². The number of aromatic nitrogens is 2. The number of nitrogens with one attached hydrogen (secondary N) is 1. The molecule has 0 spiro atoms. The summed E-state index contributed by atoms with van der Waals surface area (Å²) >= 11 is 0. The molecule has 1 aliphatic rings. The molecule has 1 fully saturated rings. The maximum atomic E-state index is 14.4. The van der Waals surface area contributed by atoms with Gasteiger partial charge in [0.05, 0.1) is 50.5 Å². The van der Waals surface area contributed by atoms with Gasteiger partial charge in [0.15, 0.2) is 28.9 Å². The fraction of sp³-hybridized carbons (Fsp3) is 0.381. The number of allylic oxidation sites excluding steroid dienone is 1. The third-order valence-corrected chi connectivity index (χ3v) is 4.83. The van der Waals surface area contributed by atoms with E-state index < -0.39 is 18.2 Å². The number of hydrogen-bond acceptors (Lipinski definition) is 10. The molecule has 0 amide bonds. The third-order valence-electron chi connectivity index (χ3n) is 4.83. The molecule has 1 saturated heterocycles. The molecule has 0 saturated carbocycles. The van der Waals surface area contributed by atoms with Crippen molar-refractivity contribution >= 4 is 12.2 Å². The topological polar surface area (TPSA) is 127 Å². The Morgan fingerprint density at radius 2 is 1.88 bits per heavy atom. The van der Waals surface area contributed by atoms with E-state index in [1.54, 1.807) is 6.21 Å². The molecule has 178 valence electrons. The van der Waals surface area contributed by atoms with E-state index in [9.17, 15) is 13.9 Å². The summed E-state index contributed by atoms with van der Waals surface area (Å²) in [5.74, 6) is -1.64. The first-order valence-corrected chi connectivity index (χ1v) is 10.1. The van der Waals surface area contributed by atoms with E-state index in [0.717, 1.165) is 12.6 Å². The molecule has 1 aliphatic heterocycles. The van der Waals surface area contributed by atoms with Crippen LogP contribution in [0.3, 0.4) is 0 Å². The molecule has 0 unspecified atom stereocenters. The maximum Gasteiger partial charge on any atom is 0.227 e. The van der Waals surface area contributed by atoms with Gasteiger partial charge in [-0.15, -0.1) is 0 Å². The molecule has 1 aromatic carbocycles. The highest BCUT2D eigenvalue weighted by Crippen LogP contribution is 2.31. The molecule has 3 rings (SSSR count). The monoisotopic (exact) mass is 464 g/mol. The van der Waals surface area contributed by atoms with E-state index >= 15 is 0 Å². The van der Waals surface area contributed by atoms with E-state index in [4.69, 9.17) is 19.9 Å². The van der Waals surface area contributed by atoms with Gasteiger partial charge in [-0.3, -0.25) is 9.89 Å². The number of aliphatic hydroxyl groups is 1. The number of hydrogen-bond donors (Lipinski definition) is 3. The van der Waals surface area contributed by atoms with Gasteiger partial charge in [0, 0.05) is 38.1 Å². The molecule has 10 nitrogen and oxygen atoms in total. The van der Waals surface area contributed by atoms with E-state index in [-0.39, 0.29) is 34.9 Å². The molecule has 12 heteroatoms. The van der Waals surface area contributed by atoms with E-state index in [1.807, 2.05) is 0 Å². The average Bonchev–Trinajstić information content (AvgIpc) is 2.80. The third kappa shape index (κ3) is 6.26. The largest absolute Gasteiger partial charge is 0.494 e. The van der Waals surface area contributed by atoms with Crippen molar-refractivity contribution in [2.24, 2.45) is 10.7 Å². The summed E-state index contributed by atoms with van der Waals surface area (Å²) in [6.45, 7) is 2.21. The smallest absolute Gasteiger partial charge is 0.227 e.